The fourth-order valence-corrected chi connectivity index (χ4v) is 11.3. The molecule has 0 aromatic carbocycles. The molecule has 0 fully saturated rings. The van der Waals surface area contributed by atoms with Crippen molar-refractivity contribution in [1.29, 1.82) is 0 Å². The molecule has 0 aromatic heterocycles. The topological polar surface area (TPSA) is 108 Å². The van der Waals surface area contributed by atoms with Gasteiger partial charge < -0.3 is 28.5 Å². The Morgan fingerprint density at radius 2 is 0.556 bits per heavy atom. The van der Waals surface area contributed by atoms with Crippen LogP contribution in [0.3, 0.4) is 0 Å². The predicted molar refractivity (Wildman–Crippen MR) is 346 cm³/mol. The Morgan fingerprint density at radius 3 is 0.790 bits per heavy atom. The number of quaternary nitrogens is 1. The van der Waals surface area contributed by atoms with Gasteiger partial charge >= 0.3 is 17.9 Å². The Hall–Kier alpha value is -1.71. The van der Waals surface area contributed by atoms with Gasteiger partial charge in [-0.05, 0) is 12.8 Å². The van der Waals surface area contributed by atoms with Crippen LogP contribution in [0.2, 0.25) is 0 Å². The number of carbonyl (C=O) groups excluding carboxylic acids is 2. The Balaban J connectivity index is 3.97. The van der Waals surface area contributed by atoms with Crippen LogP contribution in [0.15, 0.2) is 0 Å². The lowest BCUT2D eigenvalue weighted by atomic mass is 10.0. The quantitative estimate of drug-likeness (QED) is 0.0278. The molecule has 0 saturated heterocycles. The maximum atomic E-state index is 12.9. The molecule has 9 nitrogen and oxygen atoms in total. The summed E-state index contributed by atoms with van der Waals surface area (Å²) in [5.74, 6) is -1.97. The molecule has 482 valence electrons. The number of hydrogen-bond donors (Lipinski definition) is 1. The SMILES string of the molecule is CCCCCCCCCCCCCCCCCCCCCCCCCCCCCCCCCCCCCC(=O)OC(COC(=O)CCCCCCCCCCCCCCCCCCCCCCC)COC(OCC[N+](C)(C)C)C(=O)O. The highest BCUT2D eigenvalue weighted by Crippen LogP contribution is 2.20. The van der Waals surface area contributed by atoms with Crippen molar-refractivity contribution >= 4 is 17.9 Å². The van der Waals surface area contributed by atoms with Gasteiger partial charge in [0, 0.05) is 12.8 Å². The number of esters is 2. The molecule has 0 radical (unpaired) electrons. The Kier molecular flexibility index (Phi) is 62.9. The first-order chi connectivity index (χ1) is 39.6. The lowest BCUT2D eigenvalue weighted by molar-refractivity contribution is -0.870. The molecule has 0 aliphatic carbocycles. The number of rotatable bonds is 69. The van der Waals surface area contributed by atoms with E-state index >= 15 is 0 Å². The molecule has 0 saturated carbocycles. The third kappa shape index (κ3) is 65.7. The van der Waals surface area contributed by atoms with E-state index < -0.39 is 18.4 Å². The van der Waals surface area contributed by atoms with Crippen LogP contribution >= 0.6 is 0 Å². The Bertz CT molecular complexity index is 1290. The second-order valence-electron chi connectivity index (χ2n) is 26.3. The number of carboxylic acids is 1. The summed E-state index contributed by atoms with van der Waals surface area (Å²) < 4.78 is 23.0. The number of carboxylic acid groups (broad SMARTS) is 1. The van der Waals surface area contributed by atoms with Gasteiger partial charge in [0.2, 0.25) is 0 Å². The van der Waals surface area contributed by atoms with E-state index in [0.717, 1.165) is 38.5 Å². The predicted octanol–water partition coefficient (Wildman–Crippen LogP) is 22.3. The molecule has 1 N–H and O–H groups in total. The summed E-state index contributed by atoms with van der Waals surface area (Å²) in [6.45, 7) is 4.97. The zero-order chi connectivity index (χ0) is 59.1. The molecule has 0 rings (SSSR count). The molecule has 9 heteroatoms. The van der Waals surface area contributed by atoms with Crippen molar-refractivity contribution < 1.29 is 42.9 Å². The van der Waals surface area contributed by atoms with Crippen molar-refractivity contribution in [1.82, 2.24) is 0 Å². The van der Waals surface area contributed by atoms with E-state index in [1.807, 2.05) is 21.1 Å². The van der Waals surface area contributed by atoms with Crippen LogP contribution in [0.25, 0.3) is 0 Å². The van der Waals surface area contributed by atoms with Crippen molar-refractivity contribution in [2.75, 3.05) is 47.5 Å². The molecule has 0 aliphatic rings. The fraction of sp³-hybridized carbons (Fsp3) is 0.958. The van der Waals surface area contributed by atoms with Crippen LogP contribution in [-0.2, 0) is 33.3 Å². The van der Waals surface area contributed by atoms with Crippen LogP contribution in [-0.4, -0.2) is 87.4 Å². The normalized spacial score (nSPS) is 12.6. The lowest BCUT2D eigenvalue weighted by Gasteiger charge is -2.25. The minimum Gasteiger partial charge on any atom is -0.477 e. The number of likely N-dealkylation sites (N-methyl/N-ethyl adjacent to an activating group) is 1. The number of nitrogens with zero attached hydrogens (tertiary/aromatic N) is 1. The molecule has 2 unspecified atom stereocenters. The van der Waals surface area contributed by atoms with Crippen LogP contribution in [0.4, 0.5) is 0 Å². The maximum absolute atomic E-state index is 12.9. The first kappa shape index (κ1) is 79.3. The number of carbonyl (C=O) groups is 3. The zero-order valence-electron chi connectivity index (χ0n) is 55.2. The molecule has 2 atom stereocenters. The Morgan fingerprint density at radius 1 is 0.321 bits per heavy atom. The van der Waals surface area contributed by atoms with Crippen molar-refractivity contribution in [3.63, 3.8) is 0 Å². The summed E-state index contributed by atoms with van der Waals surface area (Å²) in [5.41, 5.74) is 0. The van der Waals surface area contributed by atoms with E-state index in [-0.39, 0.29) is 38.2 Å². The highest BCUT2D eigenvalue weighted by Gasteiger charge is 2.25. The minimum absolute atomic E-state index is 0.172. The minimum atomic E-state index is -1.50. The van der Waals surface area contributed by atoms with Gasteiger partial charge in [-0.25, -0.2) is 4.79 Å². The van der Waals surface area contributed by atoms with E-state index in [4.69, 9.17) is 18.9 Å². The van der Waals surface area contributed by atoms with Gasteiger partial charge in [0.15, 0.2) is 6.10 Å². The van der Waals surface area contributed by atoms with Crippen molar-refractivity contribution in [2.24, 2.45) is 0 Å². The number of hydrogen-bond acceptors (Lipinski definition) is 7. The average molecular weight is 1150 g/mol. The van der Waals surface area contributed by atoms with Gasteiger partial charge in [-0.2, -0.15) is 0 Å². The largest absolute Gasteiger partial charge is 0.477 e. The standard InChI is InChI=1S/C72H141NO8/c1-6-8-10-12-14-16-18-20-22-24-26-28-29-30-31-32-33-34-35-36-37-38-39-40-41-43-45-47-49-51-53-55-57-59-61-63-70(75)81-68(67-80-72(71(76)77)78-65-64-73(3,4)5)66-79-69(74)62-60-58-56-54-52-50-48-46-44-42-27-25-23-21-19-17-15-13-11-9-7-2/h68,72H,6-67H2,1-5H3/p+1. The average Bonchev–Trinajstić information content (AvgIpc) is 3.44. The molecule has 81 heavy (non-hydrogen) atoms. The van der Waals surface area contributed by atoms with Gasteiger partial charge in [0.1, 0.15) is 13.2 Å². The Labute approximate surface area is 504 Å². The first-order valence-electron chi connectivity index (χ1n) is 36.2. The van der Waals surface area contributed by atoms with Gasteiger partial charge in [-0.3, -0.25) is 9.59 Å². The molecule has 0 aromatic rings. The number of aliphatic carboxylic acids is 1. The molecular weight excluding hydrogens is 1010 g/mol. The third-order valence-corrected chi connectivity index (χ3v) is 16.9. The summed E-state index contributed by atoms with van der Waals surface area (Å²) in [6, 6.07) is 0. The van der Waals surface area contributed by atoms with Crippen molar-refractivity contribution in [3.05, 3.63) is 0 Å². The number of unbranched alkanes of at least 4 members (excludes halogenated alkanes) is 54. The zero-order valence-corrected chi connectivity index (χ0v) is 55.2. The van der Waals surface area contributed by atoms with Crippen molar-refractivity contribution in [2.45, 2.75) is 399 Å². The molecule has 0 heterocycles. The van der Waals surface area contributed by atoms with Gasteiger partial charge in [0.05, 0.1) is 34.4 Å². The molecule has 0 spiro atoms. The first-order valence-corrected chi connectivity index (χ1v) is 36.2. The molecule has 0 bridgehead atoms. The third-order valence-electron chi connectivity index (χ3n) is 16.9. The number of ether oxygens (including phenoxy) is 4. The lowest BCUT2D eigenvalue weighted by Crippen LogP contribution is -2.40. The highest BCUT2D eigenvalue weighted by molar-refractivity contribution is 5.71. The summed E-state index contributed by atoms with van der Waals surface area (Å²) in [5, 5.41) is 9.74. The molecule has 0 amide bonds. The van der Waals surface area contributed by atoms with Gasteiger partial charge in [0.25, 0.3) is 6.29 Å². The maximum Gasteiger partial charge on any atom is 0.361 e. The van der Waals surface area contributed by atoms with Gasteiger partial charge in [-0.15, -0.1) is 0 Å². The summed E-state index contributed by atoms with van der Waals surface area (Å²) in [7, 11) is 6.00. The van der Waals surface area contributed by atoms with E-state index in [2.05, 4.69) is 13.8 Å². The summed E-state index contributed by atoms with van der Waals surface area (Å²) in [6.07, 6.45) is 73.8. The monoisotopic (exact) mass is 1150 g/mol. The molecule has 0 aliphatic heterocycles. The van der Waals surface area contributed by atoms with E-state index in [1.54, 1.807) is 0 Å². The van der Waals surface area contributed by atoms with Crippen LogP contribution in [0, 0.1) is 0 Å². The smallest absolute Gasteiger partial charge is 0.361 e. The van der Waals surface area contributed by atoms with E-state index in [9.17, 15) is 19.5 Å². The van der Waals surface area contributed by atoms with Crippen LogP contribution < -0.4 is 0 Å². The summed E-state index contributed by atoms with van der Waals surface area (Å²) >= 11 is 0. The molecular formula is C72H142NO8+. The second-order valence-corrected chi connectivity index (χ2v) is 26.3. The van der Waals surface area contributed by atoms with E-state index in [1.165, 1.54) is 321 Å². The van der Waals surface area contributed by atoms with Crippen molar-refractivity contribution in [3.8, 4) is 0 Å². The fourth-order valence-electron chi connectivity index (χ4n) is 11.3. The second kappa shape index (κ2) is 64.3. The van der Waals surface area contributed by atoms with E-state index in [0.29, 0.717) is 17.4 Å². The van der Waals surface area contributed by atoms with Crippen LogP contribution in [0.5, 0.6) is 0 Å². The highest BCUT2D eigenvalue weighted by atomic mass is 16.7. The van der Waals surface area contributed by atoms with Crippen LogP contribution in [0.1, 0.15) is 386 Å². The van der Waals surface area contributed by atoms with Gasteiger partial charge in [-0.1, -0.05) is 361 Å². The summed E-state index contributed by atoms with van der Waals surface area (Å²) in [4.78, 5) is 37.6.